The zero-order valence-corrected chi connectivity index (χ0v) is 14.4. The molecule has 0 spiro atoms. The van der Waals surface area contributed by atoms with Crippen LogP contribution in [0, 0.1) is 13.8 Å². The van der Waals surface area contributed by atoms with Gasteiger partial charge in [-0.1, -0.05) is 30.3 Å². The number of hydrogen-bond donors (Lipinski definition) is 0. The topological polar surface area (TPSA) is 55.2 Å². The zero-order valence-electron chi connectivity index (χ0n) is 13.6. The Morgan fingerprint density at radius 1 is 1.04 bits per heavy atom. The fourth-order valence-electron chi connectivity index (χ4n) is 2.78. The predicted octanol–water partition coefficient (Wildman–Crippen LogP) is 3.02. The summed E-state index contributed by atoms with van der Waals surface area (Å²) in [6.07, 6.45) is 0. The molecule has 6 heteroatoms. The van der Waals surface area contributed by atoms with E-state index in [4.69, 9.17) is 0 Å². The van der Waals surface area contributed by atoms with Gasteiger partial charge in [-0.15, -0.1) is 0 Å². The summed E-state index contributed by atoms with van der Waals surface area (Å²) in [6, 6.07) is 13.5. The Kier molecular flexibility index (Phi) is 3.64. The van der Waals surface area contributed by atoms with E-state index in [1.165, 1.54) is 4.31 Å². The van der Waals surface area contributed by atoms with Gasteiger partial charge in [0.2, 0.25) is 0 Å². The van der Waals surface area contributed by atoms with E-state index in [2.05, 4.69) is 5.10 Å². The quantitative estimate of drug-likeness (QED) is 0.742. The van der Waals surface area contributed by atoms with E-state index in [1.807, 2.05) is 42.5 Å². The largest absolute Gasteiger partial charge is 0.271 e. The van der Waals surface area contributed by atoms with E-state index in [0.717, 1.165) is 10.8 Å². The molecule has 0 amide bonds. The van der Waals surface area contributed by atoms with Gasteiger partial charge in [0.15, 0.2) is 0 Å². The first kappa shape index (κ1) is 15.6. The Balaban J connectivity index is 2.11. The minimum Gasteiger partial charge on any atom is -0.271 e. The SMILES string of the molecule is Cc1nn(C)c(C)c1S(=O)(=O)N(C)c1ccc2ccccc2c1. The minimum atomic E-state index is -3.65. The molecule has 0 aliphatic rings. The summed E-state index contributed by atoms with van der Waals surface area (Å²) in [7, 11) is -0.329. The maximum Gasteiger partial charge on any atom is 0.267 e. The number of nitrogens with zero attached hydrogens (tertiary/aromatic N) is 3. The molecule has 1 heterocycles. The standard InChI is InChI=1S/C17H19N3O2S/c1-12-17(13(2)19(3)18-12)23(21,22)20(4)16-10-9-14-7-5-6-8-15(14)11-16/h5-11H,1-4H3. The van der Waals surface area contributed by atoms with Crippen LogP contribution in [0.3, 0.4) is 0 Å². The predicted molar refractivity (Wildman–Crippen MR) is 92.2 cm³/mol. The van der Waals surface area contributed by atoms with E-state index in [9.17, 15) is 8.42 Å². The van der Waals surface area contributed by atoms with Crippen molar-refractivity contribution in [2.24, 2.45) is 7.05 Å². The van der Waals surface area contributed by atoms with Gasteiger partial charge in [-0.3, -0.25) is 8.99 Å². The van der Waals surface area contributed by atoms with Crippen molar-refractivity contribution in [1.82, 2.24) is 9.78 Å². The van der Waals surface area contributed by atoms with Crippen LogP contribution < -0.4 is 4.31 Å². The van der Waals surface area contributed by atoms with Crippen LogP contribution in [0.15, 0.2) is 47.4 Å². The van der Waals surface area contributed by atoms with Crippen LogP contribution >= 0.6 is 0 Å². The van der Waals surface area contributed by atoms with Gasteiger partial charge in [0.1, 0.15) is 4.90 Å². The number of rotatable bonds is 3. The summed E-state index contributed by atoms with van der Waals surface area (Å²) in [6.45, 7) is 3.48. The summed E-state index contributed by atoms with van der Waals surface area (Å²) >= 11 is 0. The van der Waals surface area contributed by atoms with E-state index >= 15 is 0 Å². The molecule has 3 aromatic rings. The van der Waals surface area contributed by atoms with Crippen molar-refractivity contribution in [3.63, 3.8) is 0 Å². The third-order valence-electron chi connectivity index (χ3n) is 4.16. The van der Waals surface area contributed by atoms with Crippen LogP contribution in [0.1, 0.15) is 11.4 Å². The van der Waals surface area contributed by atoms with Crippen molar-refractivity contribution in [3.8, 4) is 0 Å². The van der Waals surface area contributed by atoms with E-state index in [1.54, 1.807) is 32.6 Å². The van der Waals surface area contributed by atoms with Crippen molar-refractivity contribution in [3.05, 3.63) is 53.9 Å². The highest BCUT2D eigenvalue weighted by atomic mass is 32.2. The normalized spacial score (nSPS) is 11.8. The molecule has 0 saturated carbocycles. The second-order valence-electron chi connectivity index (χ2n) is 5.63. The maximum atomic E-state index is 13.0. The molecule has 0 aliphatic heterocycles. The molecule has 0 radical (unpaired) electrons. The van der Waals surface area contributed by atoms with Crippen molar-refractivity contribution in [2.75, 3.05) is 11.4 Å². The Labute approximate surface area is 136 Å². The van der Waals surface area contributed by atoms with Crippen molar-refractivity contribution < 1.29 is 8.42 Å². The Hall–Kier alpha value is -2.34. The number of fused-ring (bicyclic) bond motifs is 1. The maximum absolute atomic E-state index is 13.0. The molecule has 0 atom stereocenters. The third kappa shape index (κ3) is 2.49. The number of hydrogen-bond acceptors (Lipinski definition) is 3. The van der Waals surface area contributed by atoms with Crippen LogP contribution in [-0.4, -0.2) is 25.2 Å². The van der Waals surface area contributed by atoms with Crippen LogP contribution in [-0.2, 0) is 17.1 Å². The highest BCUT2D eigenvalue weighted by molar-refractivity contribution is 7.92. The van der Waals surface area contributed by atoms with Crippen LogP contribution in [0.4, 0.5) is 5.69 Å². The lowest BCUT2D eigenvalue weighted by molar-refractivity contribution is 0.593. The summed E-state index contributed by atoms with van der Waals surface area (Å²) in [5.74, 6) is 0. The lowest BCUT2D eigenvalue weighted by Crippen LogP contribution is -2.27. The lowest BCUT2D eigenvalue weighted by Gasteiger charge is -2.20. The molecule has 0 unspecified atom stereocenters. The van der Waals surface area contributed by atoms with Gasteiger partial charge in [0.25, 0.3) is 10.0 Å². The second kappa shape index (κ2) is 5.38. The number of benzene rings is 2. The highest BCUT2D eigenvalue weighted by Gasteiger charge is 2.28. The average Bonchev–Trinajstić information content (AvgIpc) is 2.79. The van der Waals surface area contributed by atoms with Gasteiger partial charge in [0.05, 0.1) is 17.1 Å². The molecule has 0 N–H and O–H groups in total. The number of sulfonamides is 1. The number of aromatic nitrogens is 2. The third-order valence-corrected chi connectivity index (χ3v) is 6.20. The van der Waals surface area contributed by atoms with E-state index in [-0.39, 0.29) is 4.90 Å². The Morgan fingerprint density at radius 3 is 2.30 bits per heavy atom. The second-order valence-corrected chi connectivity index (χ2v) is 7.53. The molecule has 1 aromatic heterocycles. The van der Waals surface area contributed by atoms with Crippen LogP contribution in [0.2, 0.25) is 0 Å². The highest BCUT2D eigenvalue weighted by Crippen LogP contribution is 2.28. The van der Waals surface area contributed by atoms with E-state index < -0.39 is 10.0 Å². The van der Waals surface area contributed by atoms with Crippen molar-refractivity contribution >= 4 is 26.5 Å². The van der Waals surface area contributed by atoms with Gasteiger partial charge >= 0.3 is 0 Å². The van der Waals surface area contributed by atoms with Gasteiger partial charge in [0, 0.05) is 14.1 Å². The van der Waals surface area contributed by atoms with Gasteiger partial charge < -0.3 is 0 Å². The summed E-state index contributed by atoms with van der Waals surface area (Å²) in [5.41, 5.74) is 1.78. The molecule has 0 bridgehead atoms. The lowest BCUT2D eigenvalue weighted by atomic mass is 10.1. The minimum absolute atomic E-state index is 0.274. The first-order chi connectivity index (χ1) is 10.8. The monoisotopic (exact) mass is 329 g/mol. The molecule has 5 nitrogen and oxygen atoms in total. The fourth-order valence-corrected chi connectivity index (χ4v) is 4.36. The Morgan fingerprint density at radius 2 is 1.70 bits per heavy atom. The number of anilines is 1. The summed E-state index contributed by atoms with van der Waals surface area (Å²) in [4.78, 5) is 0.274. The first-order valence-corrected chi connectivity index (χ1v) is 8.74. The number of aryl methyl sites for hydroxylation is 2. The van der Waals surface area contributed by atoms with Crippen molar-refractivity contribution in [1.29, 1.82) is 0 Å². The molecular weight excluding hydrogens is 310 g/mol. The van der Waals surface area contributed by atoms with E-state index in [0.29, 0.717) is 17.1 Å². The molecule has 23 heavy (non-hydrogen) atoms. The van der Waals surface area contributed by atoms with Crippen LogP contribution in [0.25, 0.3) is 10.8 Å². The fraction of sp³-hybridized carbons (Fsp3) is 0.235. The molecule has 0 saturated heterocycles. The molecule has 3 rings (SSSR count). The van der Waals surface area contributed by atoms with Crippen LogP contribution in [0.5, 0.6) is 0 Å². The first-order valence-electron chi connectivity index (χ1n) is 7.30. The van der Waals surface area contributed by atoms with Gasteiger partial charge in [-0.2, -0.15) is 5.10 Å². The van der Waals surface area contributed by atoms with Crippen molar-refractivity contribution in [2.45, 2.75) is 18.7 Å². The molecule has 2 aromatic carbocycles. The smallest absolute Gasteiger partial charge is 0.267 e. The van der Waals surface area contributed by atoms with Gasteiger partial charge in [-0.05, 0) is 36.8 Å². The Bertz CT molecular complexity index is 990. The summed E-state index contributed by atoms with van der Waals surface area (Å²) in [5, 5.41) is 6.30. The van der Waals surface area contributed by atoms with Gasteiger partial charge in [-0.25, -0.2) is 8.42 Å². The zero-order chi connectivity index (χ0) is 16.8. The summed E-state index contributed by atoms with van der Waals surface area (Å²) < 4.78 is 28.9. The molecule has 120 valence electrons. The molecular formula is C17H19N3O2S. The molecule has 0 aliphatic carbocycles. The average molecular weight is 329 g/mol. The molecule has 0 fully saturated rings.